The maximum Gasteiger partial charge on any atom is 0.222 e. The minimum absolute atomic E-state index is 0.168. The van der Waals surface area contributed by atoms with E-state index in [1.807, 2.05) is 29.6 Å². The second kappa shape index (κ2) is 8.11. The van der Waals surface area contributed by atoms with E-state index >= 15 is 0 Å². The van der Waals surface area contributed by atoms with E-state index < -0.39 is 9.84 Å². The number of hydrogen-bond donors (Lipinski definition) is 0. The van der Waals surface area contributed by atoms with Gasteiger partial charge in [-0.05, 0) is 25.8 Å². The van der Waals surface area contributed by atoms with E-state index in [4.69, 9.17) is 0 Å². The Morgan fingerprint density at radius 1 is 1.25 bits per heavy atom. The molecule has 1 aromatic rings. The monoisotopic (exact) mass is 356 g/mol. The second-order valence-electron chi connectivity index (χ2n) is 6.45. The zero-order valence-electron chi connectivity index (χ0n) is 14.9. The molecular formula is C16H28N4O3S. The summed E-state index contributed by atoms with van der Waals surface area (Å²) in [6.45, 7) is 8.26. The van der Waals surface area contributed by atoms with Crippen LogP contribution in [0.2, 0.25) is 0 Å². The Balaban J connectivity index is 1.75. The van der Waals surface area contributed by atoms with Crippen LogP contribution in [0.1, 0.15) is 24.6 Å². The summed E-state index contributed by atoms with van der Waals surface area (Å²) in [5, 5.41) is 4.41. The SMILES string of the molecule is CCn1cc(CCC(=O)N2CCN(CCS(C)(=O)=O)CC2)c(C)n1. The van der Waals surface area contributed by atoms with E-state index in [0.29, 0.717) is 26.1 Å². The van der Waals surface area contributed by atoms with Crippen LogP contribution in [0.25, 0.3) is 0 Å². The third-order valence-corrected chi connectivity index (χ3v) is 5.41. The van der Waals surface area contributed by atoms with Crippen molar-refractivity contribution in [3.05, 3.63) is 17.5 Å². The number of sulfone groups is 1. The molecule has 0 aromatic carbocycles. The van der Waals surface area contributed by atoms with Crippen molar-refractivity contribution in [3.8, 4) is 0 Å². The molecule has 7 nitrogen and oxygen atoms in total. The number of rotatable bonds is 7. The van der Waals surface area contributed by atoms with Crippen LogP contribution in [0.5, 0.6) is 0 Å². The highest BCUT2D eigenvalue weighted by Gasteiger charge is 2.21. The van der Waals surface area contributed by atoms with Gasteiger partial charge in [-0.1, -0.05) is 0 Å². The van der Waals surface area contributed by atoms with Crippen LogP contribution < -0.4 is 0 Å². The van der Waals surface area contributed by atoms with Crippen molar-refractivity contribution in [2.45, 2.75) is 33.2 Å². The van der Waals surface area contributed by atoms with Gasteiger partial charge in [0.25, 0.3) is 0 Å². The molecule has 8 heteroatoms. The average molecular weight is 356 g/mol. The molecule has 1 fully saturated rings. The van der Waals surface area contributed by atoms with Gasteiger partial charge in [-0.15, -0.1) is 0 Å². The van der Waals surface area contributed by atoms with Crippen LogP contribution in [0.4, 0.5) is 0 Å². The summed E-state index contributed by atoms with van der Waals surface area (Å²) in [4.78, 5) is 16.4. The van der Waals surface area contributed by atoms with Crippen LogP contribution >= 0.6 is 0 Å². The number of nitrogens with zero attached hydrogens (tertiary/aromatic N) is 4. The number of carbonyl (C=O) groups is 1. The first-order chi connectivity index (χ1) is 11.3. The summed E-state index contributed by atoms with van der Waals surface area (Å²) in [7, 11) is -2.93. The van der Waals surface area contributed by atoms with Gasteiger partial charge in [0.15, 0.2) is 0 Å². The lowest BCUT2D eigenvalue weighted by atomic mass is 10.1. The largest absolute Gasteiger partial charge is 0.340 e. The molecule has 0 unspecified atom stereocenters. The molecule has 0 saturated carbocycles. The molecule has 0 bridgehead atoms. The van der Waals surface area contributed by atoms with Gasteiger partial charge < -0.3 is 4.90 Å². The van der Waals surface area contributed by atoms with Gasteiger partial charge in [0, 0.05) is 58.1 Å². The summed E-state index contributed by atoms with van der Waals surface area (Å²) in [5.41, 5.74) is 2.13. The first kappa shape index (κ1) is 18.9. The van der Waals surface area contributed by atoms with E-state index in [-0.39, 0.29) is 11.7 Å². The second-order valence-corrected chi connectivity index (χ2v) is 8.71. The highest BCUT2D eigenvalue weighted by atomic mass is 32.2. The first-order valence-electron chi connectivity index (χ1n) is 8.49. The van der Waals surface area contributed by atoms with E-state index in [0.717, 1.165) is 37.3 Å². The van der Waals surface area contributed by atoms with Crippen molar-refractivity contribution in [2.75, 3.05) is 44.7 Å². The van der Waals surface area contributed by atoms with Crippen molar-refractivity contribution in [3.63, 3.8) is 0 Å². The number of aromatic nitrogens is 2. The van der Waals surface area contributed by atoms with Gasteiger partial charge >= 0.3 is 0 Å². The Labute approximate surface area is 144 Å². The Bertz CT molecular complexity index is 661. The molecule has 1 aromatic heterocycles. The highest BCUT2D eigenvalue weighted by molar-refractivity contribution is 7.90. The number of piperazine rings is 1. The Morgan fingerprint density at radius 3 is 2.46 bits per heavy atom. The lowest BCUT2D eigenvalue weighted by molar-refractivity contribution is -0.132. The molecule has 24 heavy (non-hydrogen) atoms. The van der Waals surface area contributed by atoms with Crippen molar-refractivity contribution in [2.24, 2.45) is 0 Å². The summed E-state index contributed by atoms with van der Waals surface area (Å²) >= 11 is 0. The van der Waals surface area contributed by atoms with E-state index in [9.17, 15) is 13.2 Å². The molecule has 0 spiro atoms. The lowest BCUT2D eigenvalue weighted by Gasteiger charge is -2.34. The van der Waals surface area contributed by atoms with Crippen molar-refractivity contribution in [1.82, 2.24) is 19.6 Å². The molecule has 1 saturated heterocycles. The van der Waals surface area contributed by atoms with Crippen LogP contribution in [0, 0.1) is 6.92 Å². The van der Waals surface area contributed by atoms with E-state index in [2.05, 4.69) is 10.00 Å². The third kappa shape index (κ3) is 5.59. The van der Waals surface area contributed by atoms with E-state index in [1.165, 1.54) is 6.26 Å². The maximum atomic E-state index is 12.4. The zero-order valence-corrected chi connectivity index (χ0v) is 15.7. The van der Waals surface area contributed by atoms with Gasteiger partial charge in [0.1, 0.15) is 9.84 Å². The normalized spacial score (nSPS) is 16.5. The molecular weight excluding hydrogens is 328 g/mol. The van der Waals surface area contributed by atoms with Crippen LogP contribution in [0.3, 0.4) is 0 Å². The molecule has 0 radical (unpaired) electrons. The number of aryl methyl sites for hydroxylation is 3. The molecule has 1 amide bonds. The molecule has 0 atom stereocenters. The quantitative estimate of drug-likeness (QED) is 0.704. The van der Waals surface area contributed by atoms with Gasteiger partial charge in [-0.25, -0.2) is 8.42 Å². The van der Waals surface area contributed by atoms with Gasteiger partial charge in [0.05, 0.1) is 11.4 Å². The smallest absolute Gasteiger partial charge is 0.222 e. The summed E-state index contributed by atoms with van der Waals surface area (Å²) < 4.78 is 24.3. The Morgan fingerprint density at radius 2 is 1.92 bits per heavy atom. The summed E-state index contributed by atoms with van der Waals surface area (Å²) in [6.07, 6.45) is 4.50. The zero-order chi connectivity index (χ0) is 17.7. The van der Waals surface area contributed by atoms with Crippen LogP contribution in [0.15, 0.2) is 6.20 Å². The summed E-state index contributed by atoms with van der Waals surface area (Å²) in [6, 6.07) is 0. The van der Waals surface area contributed by atoms with Crippen LogP contribution in [-0.2, 0) is 27.6 Å². The molecule has 1 aliphatic rings. The standard InChI is InChI=1S/C16H28N4O3S/c1-4-20-13-15(14(2)17-20)5-6-16(21)19-9-7-18(8-10-19)11-12-24(3,22)23/h13H,4-12H2,1-3H3. The predicted molar refractivity (Wildman–Crippen MR) is 93.7 cm³/mol. The fraction of sp³-hybridized carbons (Fsp3) is 0.750. The molecule has 0 aliphatic carbocycles. The van der Waals surface area contributed by atoms with Crippen molar-refractivity contribution >= 4 is 15.7 Å². The minimum atomic E-state index is -2.93. The maximum absolute atomic E-state index is 12.4. The van der Waals surface area contributed by atoms with Crippen LogP contribution in [-0.4, -0.2) is 78.6 Å². The van der Waals surface area contributed by atoms with E-state index in [1.54, 1.807) is 0 Å². The molecule has 136 valence electrons. The molecule has 2 rings (SSSR count). The van der Waals surface area contributed by atoms with Crippen molar-refractivity contribution < 1.29 is 13.2 Å². The molecule has 2 heterocycles. The van der Waals surface area contributed by atoms with Gasteiger partial charge in [-0.3, -0.25) is 14.4 Å². The predicted octanol–water partition coefficient (Wildman–Crippen LogP) is 0.333. The fourth-order valence-corrected chi connectivity index (χ4v) is 3.47. The Kier molecular flexibility index (Phi) is 6.40. The fourth-order valence-electron chi connectivity index (χ4n) is 2.88. The lowest BCUT2D eigenvalue weighted by Crippen LogP contribution is -2.49. The topological polar surface area (TPSA) is 75.5 Å². The van der Waals surface area contributed by atoms with Gasteiger partial charge in [-0.2, -0.15) is 5.10 Å². The minimum Gasteiger partial charge on any atom is -0.340 e. The highest BCUT2D eigenvalue weighted by Crippen LogP contribution is 2.11. The van der Waals surface area contributed by atoms with Crippen molar-refractivity contribution in [1.29, 1.82) is 0 Å². The third-order valence-electron chi connectivity index (χ3n) is 4.48. The Hall–Kier alpha value is -1.41. The number of carbonyl (C=O) groups excluding carboxylic acids is 1. The number of hydrogen-bond acceptors (Lipinski definition) is 5. The first-order valence-corrected chi connectivity index (χ1v) is 10.6. The molecule has 1 aliphatic heterocycles. The number of amides is 1. The van der Waals surface area contributed by atoms with Gasteiger partial charge in [0.2, 0.25) is 5.91 Å². The summed E-state index contributed by atoms with van der Waals surface area (Å²) in [5.74, 6) is 0.350. The average Bonchev–Trinajstić information content (AvgIpc) is 2.90. The molecule has 0 N–H and O–H groups in total.